The third kappa shape index (κ3) is 3.64. The predicted molar refractivity (Wildman–Crippen MR) is 121 cm³/mol. The first-order valence-electron chi connectivity index (χ1n) is 10.4. The first-order valence-corrected chi connectivity index (χ1v) is 10.4. The van der Waals surface area contributed by atoms with Crippen LogP contribution in [0.1, 0.15) is 49.0 Å². The number of benzene rings is 2. The van der Waals surface area contributed by atoms with E-state index >= 15 is 0 Å². The lowest BCUT2D eigenvalue weighted by atomic mass is 9.96. The Hall–Kier alpha value is -4.36. The molecule has 2 amide bonds. The Morgan fingerprint density at radius 1 is 0.758 bits per heavy atom. The van der Waals surface area contributed by atoms with Crippen molar-refractivity contribution in [3.63, 3.8) is 0 Å². The lowest BCUT2D eigenvalue weighted by molar-refractivity contribution is 0.0473. The van der Waals surface area contributed by atoms with Crippen LogP contribution in [0.5, 0.6) is 0 Å². The fourth-order valence-electron chi connectivity index (χ4n) is 4.15. The third-order valence-electron chi connectivity index (χ3n) is 5.74. The van der Waals surface area contributed by atoms with Crippen molar-refractivity contribution in [1.29, 1.82) is 0 Å². The van der Waals surface area contributed by atoms with E-state index in [1.165, 1.54) is 0 Å². The number of nitrogens with one attached hydrogen (secondary N) is 2. The lowest BCUT2D eigenvalue weighted by Gasteiger charge is -2.23. The van der Waals surface area contributed by atoms with Crippen LogP contribution >= 0.6 is 0 Å². The van der Waals surface area contributed by atoms with Gasteiger partial charge in [-0.25, -0.2) is 0 Å². The van der Waals surface area contributed by atoms with Gasteiger partial charge in [0.2, 0.25) is 0 Å². The molecule has 2 aliphatic heterocycles. The molecule has 4 aromatic rings. The zero-order valence-electron chi connectivity index (χ0n) is 17.5. The quantitative estimate of drug-likeness (QED) is 0.448. The Morgan fingerprint density at radius 3 is 2.18 bits per heavy atom. The Morgan fingerprint density at radius 2 is 1.45 bits per heavy atom. The normalized spacial score (nSPS) is 20.1. The number of fused-ring (bicyclic) bond motifs is 2. The van der Waals surface area contributed by atoms with Gasteiger partial charge in [0, 0.05) is 47.0 Å². The summed E-state index contributed by atoms with van der Waals surface area (Å²) in [6.45, 7) is 0. The van der Waals surface area contributed by atoms with Gasteiger partial charge in [-0.15, -0.1) is 0 Å². The summed E-state index contributed by atoms with van der Waals surface area (Å²) < 4.78 is 0. The first kappa shape index (κ1) is 20.5. The van der Waals surface area contributed by atoms with Crippen LogP contribution < -0.4 is 10.6 Å². The second-order valence-corrected chi connectivity index (χ2v) is 7.73. The molecule has 2 aliphatic rings. The van der Waals surface area contributed by atoms with Crippen LogP contribution in [0.4, 0.5) is 0 Å². The number of carbonyl (C=O) groups excluding carboxylic acids is 2. The molecular formula is C26H20N4O3. The van der Waals surface area contributed by atoms with E-state index in [-0.39, 0.29) is 17.9 Å². The van der Waals surface area contributed by atoms with Crippen molar-refractivity contribution < 1.29 is 14.7 Å². The highest BCUT2D eigenvalue weighted by Crippen LogP contribution is 2.34. The van der Waals surface area contributed by atoms with Crippen LogP contribution in [0.15, 0.2) is 97.6 Å². The monoisotopic (exact) mass is 436 g/mol. The Kier molecular flexibility index (Phi) is 5.16. The summed E-state index contributed by atoms with van der Waals surface area (Å²) in [4.78, 5) is 31.5. The van der Waals surface area contributed by atoms with Crippen LogP contribution in [0.3, 0.4) is 0 Å². The van der Waals surface area contributed by atoms with Gasteiger partial charge in [0.15, 0.2) is 5.72 Å². The molecule has 7 heteroatoms. The number of nitrogens with zero attached hydrogens (tertiary/aromatic N) is 2. The minimum absolute atomic E-state index is 0.00977. The summed E-state index contributed by atoms with van der Waals surface area (Å²) in [5, 5.41) is 16.2. The van der Waals surface area contributed by atoms with Crippen LogP contribution in [-0.2, 0) is 5.72 Å². The van der Waals surface area contributed by atoms with Gasteiger partial charge in [0.25, 0.3) is 11.8 Å². The summed E-state index contributed by atoms with van der Waals surface area (Å²) in [6, 6.07) is 21.9. The molecule has 0 aliphatic carbocycles. The largest absolute Gasteiger partial charge is 0.363 e. The average molecular weight is 436 g/mol. The van der Waals surface area contributed by atoms with Crippen molar-refractivity contribution in [2.75, 3.05) is 0 Å². The van der Waals surface area contributed by atoms with E-state index in [2.05, 4.69) is 20.6 Å². The second-order valence-electron chi connectivity index (χ2n) is 7.73. The molecular weight excluding hydrogens is 416 g/mol. The van der Waals surface area contributed by atoms with Gasteiger partial charge in [-0.1, -0.05) is 48.5 Å². The second kappa shape index (κ2) is 8.29. The summed E-state index contributed by atoms with van der Waals surface area (Å²) in [7, 11) is 0. The number of aliphatic hydroxyl groups is 1. The molecule has 2 unspecified atom stereocenters. The lowest BCUT2D eigenvalue weighted by Crippen LogP contribution is -2.40. The maximum Gasteiger partial charge on any atom is 0.254 e. The average Bonchev–Trinajstić information content (AvgIpc) is 3.35. The standard InChI is InChI=1S/C13H10N2O2.C13H10N2O/c16-12-10-5-1-2-6-11(10)13(17,15-12)9-4-3-7-14-8-9;16-13-11-6-2-1-5-10(11)12(15-13)9-4-3-7-14-8-9/h1-8,17H,(H,15,16);1-8,12H,(H,15,16). The summed E-state index contributed by atoms with van der Waals surface area (Å²) in [5.41, 5.74) is 2.95. The summed E-state index contributed by atoms with van der Waals surface area (Å²) in [5.74, 6) is -0.281. The maximum atomic E-state index is 11.8. The molecule has 0 saturated carbocycles. The van der Waals surface area contributed by atoms with E-state index in [4.69, 9.17) is 0 Å². The molecule has 162 valence electrons. The maximum absolute atomic E-state index is 11.8. The van der Waals surface area contributed by atoms with Crippen molar-refractivity contribution in [1.82, 2.24) is 20.6 Å². The molecule has 2 aromatic heterocycles. The van der Waals surface area contributed by atoms with Crippen LogP contribution in [0.25, 0.3) is 0 Å². The van der Waals surface area contributed by atoms with Crippen LogP contribution in [0, 0.1) is 0 Å². The van der Waals surface area contributed by atoms with E-state index in [0.29, 0.717) is 16.7 Å². The van der Waals surface area contributed by atoms with Gasteiger partial charge >= 0.3 is 0 Å². The number of amides is 2. The highest BCUT2D eigenvalue weighted by atomic mass is 16.3. The van der Waals surface area contributed by atoms with Crippen molar-refractivity contribution in [3.05, 3.63) is 131 Å². The third-order valence-corrected chi connectivity index (χ3v) is 5.74. The van der Waals surface area contributed by atoms with E-state index in [1.807, 2.05) is 36.4 Å². The fourth-order valence-corrected chi connectivity index (χ4v) is 4.15. The number of pyridine rings is 2. The first-order chi connectivity index (χ1) is 16.1. The number of hydrogen-bond donors (Lipinski definition) is 3. The van der Waals surface area contributed by atoms with Crippen LogP contribution in [0.2, 0.25) is 0 Å². The van der Waals surface area contributed by atoms with Crippen molar-refractivity contribution in [2.45, 2.75) is 11.8 Å². The molecule has 0 bridgehead atoms. The zero-order valence-corrected chi connectivity index (χ0v) is 17.5. The van der Waals surface area contributed by atoms with Gasteiger partial charge < -0.3 is 15.7 Å². The van der Waals surface area contributed by atoms with Crippen LogP contribution in [-0.4, -0.2) is 26.9 Å². The van der Waals surface area contributed by atoms with Gasteiger partial charge in [-0.2, -0.15) is 0 Å². The van der Waals surface area contributed by atoms with Gasteiger partial charge in [0.05, 0.1) is 6.04 Å². The van der Waals surface area contributed by atoms with Gasteiger partial charge in [-0.3, -0.25) is 19.6 Å². The molecule has 0 spiro atoms. The number of carbonyl (C=O) groups is 2. The van der Waals surface area contributed by atoms with Gasteiger partial charge in [-0.05, 0) is 35.4 Å². The van der Waals surface area contributed by atoms with E-state index in [1.54, 1.807) is 61.2 Å². The molecule has 6 rings (SSSR count). The Balaban J connectivity index is 0.000000139. The van der Waals surface area contributed by atoms with Crippen molar-refractivity contribution >= 4 is 11.8 Å². The van der Waals surface area contributed by atoms with E-state index in [9.17, 15) is 14.7 Å². The molecule has 2 atom stereocenters. The van der Waals surface area contributed by atoms with Crippen molar-refractivity contribution in [3.8, 4) is 0 Å². The SMILES string of the molecule is O=C1NC(O)(c2cccnc2)c2ccccc21.O=C1NC(c2cccnc2)c2ccccc21. The number of hydrogen-bond acceptors (Lipinski definition) is 5. The smallest absolute Gasteiger partial charge is 0.254 e. The molecule has 33 heavy (non-hydrogen) atoms. The van der Waals surface area contributed by atoms with E-state index in [0.717, 1.165) is 16.7 Å². The molecule has 0 saturated heterocycles. The molecule has 0 radical (unpaired) electrons. The molecule has 4 heterocycles. The predicted octanol–water partition coefficient (Wildman–Crippen LogP) is 2.93. The van der Waals surface area contributed by atoms with Crippen molar-refractivity contribution in [2.24, 2.45) is 0 Å². The summed E-state index contributed by atoms with van der Waals surface area (Å²) >= 11 is 0. The minimum Gasteiger partial charge on any atom is -0.363 e. The minimum atomic E-state index is -1.47. The topological polar surface area (TPSA) is 104 Å². The fraction of sp³-hybridized carbons (Fsp3) is 0.0769. The molecule has 2 aromatic carbocycles. The zero-order chi connectivity index (χ0) is 22.8. The highest BCUT2D eigenvalue weighted by Gasteiger charge is 2.42. The number of rotatable bonds is 2. The summed E-state index contributed by atoms with van der Waals surface area (Å²) in [6.07, 6.45) is 6.68. The Bertz CT molecular complexity index is 1330. The molecule has 7 nitrogen and oxygen atoms in total. The Labute approximate surface area is 190 Å². The van der Waals surface area contributed by atoms with E-state index < -0.39 is 5.72 Å². The molecule has 3 N–H and O–H groups in total. The number of aromatic nitrogens is 2. The van der Waals surface area contributed by atoms with Gasteiger partial charge in [0.1, 0.15) is 0 Å². The highest BCUT2D eigenvalue weighted by molar-refractivity contribution is 6.00. The molecule has 0 fully saturated rings.